The standard InChI is InChI=1S/C16H30N2O/c1-11(2)9-15-16(19)18(13(4)17-15)10-14-8-6-5-7-12(14)3/h11-15,17H,5-10H2,1-4H3. The zero-order valence-electron chi connectivity index (χ0n) is 13.0. The zero-order chi connectivity index (χ0) is 14.0. The topological polar surface area (TPSA) is 32.3 Å². The summed E-state index contributed by atoms with van der Waals surface area (Å²) in [5.41, 5.74) is 0. The van der Waals surface area contributed by atoms with Crippen LogP contribution in [-0.4, -0.2) is 29.6 Å². The van der Waals surface area contributed by atoms with Crippen LogP contribution in [0.2, 0.25) is 0 Å². The predicted octanol–water partition coefficient (Wildman–Crippen LogP) is 3.01. The van der Waals surface area contributed by atoms with E-state index in [4.69, 9.17) is 0 Å². The molecule has 0 aromatic heterocycles. The highest BCUT2D eigenvalue weighted by Crippen LogP contribution is 2.31. The minimum atomic E-state index is 0.0499. The highest BCUT2D eigenvalue weighted by Gasteiger charge is 2.38. The molecule has 3 nitrogen and oxygen atoms in total. The first kappa shape index (κ1) is 14.8. The number of nitrogens with one attached hydrogen (secondary N) is 1. The molecule has 1 aliphatic carbocycles. The summed E-state index contributed by atoms with van der Waals surface area (Å²) >= 11 is 0. The number of hydrogen-bond acceptors (Lipinski definition) is 2. The Kier molecular flexibility index (Phi) is 4.88. The third-order valence-electron chi connectivity index (χ3n) is 4.92. The second-order valence-corrected chi connectivity index (χ2v) is 7.04. The van der Waals surface area contributed by atoms with Gasteiger partial charge in [-0.3, -0.25) is 10.1 Å². The molecule has 1 amide bonds. The Morgan fingerprint density at radius 3 is 2.58 bits per heavy atom. The zero-order valence-corrected chi connectivity index (χ0v) is 13.0. The predicted molar refractivity (Wildman–Crippen MR) is 78.7 cm³/mol. The maximum atomic E-state index is 12.5. The van der Waals surface area contributed by atoms with Gasteiger partial charge in [-0.15, -0.1) is 0 Å². The van der Waals surface area contributed by atoms with Crippen molar-refractivity contribution in [2.24, 2.45) is 17.8 Å². The van der Waals surface area contributed by atoms with Crippen molar-refractivity contribution in [1.82, 2.24) is 10.2 Å². The van der Waals surface area contributed by atoms with Crippen LogP contribution >= 0.6 is 0 Å². The van der Waals surface area contributed by atoms with Crippen LogP contribution in [0.4, 0.5) is 0 Å². The normalized spacial score (nSPS) is 36.3. The lowest BCUT2D eigenvalue weighted by Gasteiger charge is -2.33. The van der Waals surface area contributed by atoms with E-state index in [2.05, 4.69) is 37.9 Å². The molecule has 110 valence electrons. The van der Waals surface area contributed by atoms with Gasteiger partial charge in [-0.2, -0.15) is 0 Å². The van der Waals surface area contributed by atoms with Crippen LogP contribution in [0.25, 0.3) is 0 Å². The summed E-state index contributed by atoms with van der Waals surface area (Å²) in [5, 5.41) is 3.47. The minimum Gasteiger partial charge on any atom is -0.326 e. The Hall–Kier alpha value is -0.570. The van der Waals surface area contributed by atoms with Crippen LogP contribution in [0.3, 0.4) is 0 Å². The summed E-state index contributed by atoms with van der Waals surface area (Å²) in [4.78, 5) is 14.6. The molecule has 4 unspecified atom stereocenters. The number of carbonyl (C=O) groups excluding carboxylic acids is 1. The van der Waals surface area contributed by atoms with E-state index in [1.807, 2.05) is 0 Å². The van der Waals surface area contributed by atoms with E-state index in [0.717, 1.165) is 18.9 Å². The number of rotatable bonds is 4. The molecule has 0 aromatic carbocycles. The fraction of sp³-hybridized carbons (Fsp3) is 0.938. The molecule has 1 saturated heterocycles. The van der Waals surface area contributed by atoms with Gasteiger partial charge in [0.15, 0.2) is 0 Å². The fourth-order valence-electron chi connectivity index (χ4n) is 3.65. The Morgan fingerprint density at radius 2 is 1.95 bits per heavy atom. The van der Waals surface area contributed by atoms with Gasteiger partial charge >= 0.3 is 0 Å². The molecule has 1 saturated carbocycles. The Balaban J connectivity index is 1.94. The molecule has 2 fully saturated rings. The molecule has 0 radical (unpaired) electrons. The third-order valence-corrected chi connectivity index (χ3v) is 4.92. The van der Waals surface area contributed by atoms with E-state index in [0.29, 0.717) is 17.7 Å². The van der Waals surface area contributed by atoms with Crippen molar-refractivity contribution >= 4 is 5.91 Å². The molecule has 1 aliphatic heterocycles. The van der Waals surface area contributed by atoms with E-state index in [1.165, 1.54) is 25.7 Å². The smallest absolute Gasteiger partial charge is 0.241 e. The van der Waals surface area contributed by atoms with Gasteiger partial charge in [-0.1, -0.05) is 40.0 Å². The molecule has 0 aromatic rings. The quantitative estimate of drug-likeness (QED) is 0.848. The van der Waals surface area contributed by atoms with Gasteiger partial charge in [0.2, 0.25) is 5.91 Å². The molecule has 4 atom stereocenters. The average molecular weight is 266 g/mol. The van der Waals surface area contributed by atoms with Crippen LogP contribution in [-0.2, 0) is 4.79 Å². The first-order valence-corrected chi connectivity index (χ1v) is 8.05. The van der Waals surface area contributed by atoms with Crippen molar-refractivity contribution in [2.75, 3.05) is 6.54 Å². The van der Waals surface area contributed by atoms with Crippen LogP contribution < -0.4 is 5.32 Å². The molecule has 2 rings (SSSR count). The van der Waals surface area contributed by atoms with Crippen molar-refractivity contribution in [2.45, 2.75) is 72.0 Å². The molecule has 0 spiro atoms. The molecule has 0 bridgehead atoms. The lowest BCUT2D eigenvalue weighted by molar-refractivity contribution is -0.131. The van der Waals surface area contributed by atoms with E-state index in [1.54, 1.807) is 0 Å². The number of amides is 1. The monoisotopic (exact) mass is 266 g/mol. The van der Waals surface area contributed by atoms with E-state index in [-0.39, 0.29) is 12.2 Å². The van der Waals surface area contributed by atoms with Crippen molar-refractivity contribution in [3.63, 3.8) is 0 Å². The Morgan fingerprint density at radius 1 is 1.26 bits per heavy atom. The summed E-state index contributed by atoms with van der Waals surface area (Å²) in [7, 11) is 0. The van der Waals surface area contributed by atoms with Crippen molar-refractivity contribution in [1.29, 1.82) is 0 Å². The van der Waals surface area contributed by atoms with Crippen molar-refractivity contribution < 1.29 is 4.79 Å². The van der Waals surface area contributed by atoms with Gasteiger partial charge in [-0.05, 0) is 37.5 Å². The summed E-state index contributed by atoms with van der Waals surface area (Å²) in [5.74, 6) is 2.39. The van der Waals surface area contributed by atoms with E-state index < -0.39 is 0 Å². The highest BCUT2D eigenvalue weighted by molar-refractivity contribution is 5.84. The minimum absolute atomic E-state index is 0.0499. The number of hydrogen-bond donors (Lipinski definition) is 1. The molecule has 1 heterocycles. The van der Waals surface area contributed by atoms with Gasteiger partial charge in [0, 0.05) is 6.54 Å². The summed E-state index contributed by atoms with van der Waals surface area (Å²) in [6.07, 6.45) is 6.52. The SMILES string of the molecule is CC(C)CC1NC(C)N(CC2CCCCC2C)C1=O. The molecule has 19 heavy (non-hydrogen) atoms. The first-order chi connectivity index (χ1) is 8.99. The fourth-order valence-corrected chi connectivity index (χ4v) is 3.65. The molecule has 3 heteroatoms. The largest absolute Gasteiger partial charge is 0.326 e. The maximum Gasteiger partial charge on any atom is 0.241 e. The second kappa shape index (κ2) is 6.25. The van der Waals surface area contributed by atoms with E-state index >= 15 is 0 Å². The molecular formula is C16H30N2O. The van der Waals surface area contributed by atoms with Crippen molar-refractivity contribution in [3.8, 4) is 0 Å². The Bertz CT molecular complexity index is 316. The summed E-state index contributed by atoms with van der Waals surface area (Å²) in [6.45, 7) is 9.82. The van der Waals surface area contributed by atoms with Gasteiger partial charge in [0.05, 0.1) is 12.2 Å². The van der Waals surface area contributed by atoms with Gasteiger partial charge in [0.1, 0.15) is 0 Å². The molecule has 1 N–H and O–H groups in total. The summed E-state index contributed by atoms with van der Waals surface area (Å²) < 4.78 is 0. The van der Waals surface area contributed by atoms with Gasteiger partial charge in [0.25, 0.3) is 0 Å². The second-order valence-electron chi connectivity index (χ2n) is 7.04. The lowest BCUT2D eigenvalue weighted by atomic mass is 9.80. The average Bonchev–Trinajstić information content (AvgIpc) is 2.59. The lowest BCUT2D eigenvalue weighted by Crippen LogP contribution is -2.40. The highest BCUT2D eigenvalue weighted by atomic mass is 16.2. The van der Waals surface area contributed by atoms with Crippen LogP contribution in [0.1, 0.15) is 59.8 Å². The number of nitrogens with zero attached hydrogens (tertiary/aromatic N) is 1. The maximum absolute atomic E-state index is 12.5. The van der Waals surface area contributed by atoms with Crippen LogP contribution in [0.15, 0.2) is 0 Å². The first-order valence-electron chi connectivity index (χ1n) is 8.05. The molecular weight excluding hydrogens is 236 g/mol. The van der Waals surface area contributed by atoms with Gasteiger partial charge < -0.3 is 4.90 Å². The van der Waals surface area contributed by atoms with Crippen LogP contribution in [0, 0.1) is 17.8 Å². The third kappa shape index (κ3) is 3.50. The molecule has 2 aliphatic rings. The van der Waals surface area contributed by atoms with Crippen molar-refractivity contribution in [3.05, 3.63) is 0 Å². The van der Waals surface area contributed by atoms with E-state index in [9.17, 15) is 4.79 Å². The number of carbonyl (C=O) groups is 1. The Labute approximate surface area is 118 Å². The summed E-state index contributed by atoms with van der Waals surface area (Å²) in [6, 6.07) is 0.0499. The van der Waals surface area contributed by atoms with Crippen LogP contribution in [0.5, 0.6) is 0 Å². The van der Waals surface area contributed by atoms with Gasteiger partial charge in [-0.25, -0.2) is 0 Å².